The monoisotopic (exact) mass is 356 g/mol. The number of H-pyrrole nitrogens is 1. The Morgan fingerprint density at radius 3 is 3.00 bits per heavy atom. The highest BCUT2D eigenvalue weighted by molar-refractivity contribution is 7.99. The first-order chi connectivity index (χ1) is 12.2. The van der Waals surface area contributed by atoms with Crippen LogP contribution in [0.3, 0.4) is 0 Å². The number of imidazole rings is 1. The van der Waals surface area contributed by atoms with E-state index in [0.717, 1.165) is 21.9 Å². The molecular formula is C17H16N4O3S. The molecule has 0 fully saturated rings. The zero-order valence-corrected chi connectivity index (χ0v) is 14.5. The van der Waals surface area contributed by atoms with E-state index in [4.69, 9.17) is 13.7 Å². The molecular weight excluding hydrogens is 340 g/mol. The fourth-order valence-corrected chi connectivity index (χ4v) is 3.25. The number of hydrogen-bond acceptors (Lipinski definition) is 7. The Hall–Kier alpha value is -2.74. The van der Waals surface area contributed by atoms with Crippen LogP contribution in [0.4, 0.5) is 0 Å². The third-order valence-corrected chi connectivity index (χ3v) is 4.53. The molecule has 3 aromatic heterocycles. The Labute approximate surface area is 147 Å². The van der Waals surface area contributed by atoms with Crippen molar-refractivity contribution < 1.29 is 13.7 Å². The van der Waals surface area contributed by atoms with Crippen molar-refractivity contribution in [2.75, 3.05) is 6.61 Å². The number of benzene rings is 1. The maximum Gasteiger partial charge on any atom is 0.240 e. The van der Waals surface area contributed by atoms with Gasteiger partial charge in [-0.05, 0) is 38.1 Å². The van der Waals surface area contributed by atoms with Crippen molar-refractivity contribution in [2.24, 2.45) is 0 Å². The summed E-state index contributed by atoms with van der Waals surface area (Å²) in [5.74, 6) is 2.37. The van der Waals surface area contributed by atoms with E-state index in [1.807, 2.05) is 32.0 Å². The van der Waals surface area contributed by atoms with Gasteiger partial charge in [0.25, 0.3) is 0 Å². The lowest BCUT2D eigenvalue weighted by atomic mass is 10.3. The van der Waals surface area contributed by atoms with E-state index in [0.29, 0.717) is 24.1 Å². The smallest absolute Gasteiger partial charge is 0.240 e. The minimum atomic E-state index is -0.0527. The summed E-state index contributed by atoms with van der Waals surface area (Å²) in [6.45, 7) is 4.58. The Morgan fingerprint density at radius 2 is 2.20 bits per heavy atom. The Kier molecular flexibility index (Phi) is 4.19. The number of thioether (sulfide) groups is 1. The zero-order chi connectivity index (χ0) is 17.2. The predicted molar refractivity (Wildman–Crippen MR) is 93.5 cm³/mol. The van der Waals surface area contributed by atoms with Gasteiger partial charge in [0, 0.05) is 6.07 Å². The first kappa shape index (κ1) is 15.8. The van der Waals surface area contributed by atoms with Crippen LogP contribution < -0.4 is 4.74 Å². The summed E-state index contributed by atoms with van der Waals surface area (Å²) in [4.78, 5) is 12.3. The van der Waals surface area contributed by atoms with Gasteiger partial charge in [-0.3, -0.25) is 0 Å². The van der Waals surface area contributed by atoms with E-state index >= 15 is 0 Å². The molecule has 1 N–H and O–H groups in total. The molecule has 0 radical (unpaired) electrons. The van der Waals surface area contributed by atoms with Crippen LogP contribution >= 0.6 is 11.8 Å². The van der Waals surface area contributed by atoms with Gasteiger partial charge in [-0.1, -0.05) is 16.9 Å². The first-order valence-electron chi connectivity index (χ1n) is 7.89. The lowest BCUT2D eigenvalue weighted by Gasteiger charge is -2.02. The molecule has 0 unspecified atom stereocenters. The van der Waals surface area contributed by atoms with Crippen LogP contribution in [-0.2, 0) is 0 Å². The summed E-state index contributed by atoms with van der Waals surface area (Å²) in [7, 11) is 0. The summed E-state index contributed by atoms with van der Waals surface area (Å²) >= 11 is 1.52. The molecule has 8 heteroatoms. The van der Waals surface area contributed by atoms with Gasteiger partial charge >= 0.3 is 0 Å². The summed E-state index contributed by atoms with van der Waals surface area (Å²) < 4.78 is 16.1. The minimum Gasteiger partial charge on any atom is -0.494 e. The molecule has 128 valence electrons. The molecule has 0 saturated heterocycles. The summed E-state index contributed by atoms with van der Waals surface area (Å²) in [5.41, 5.74) is 1.82. The number of ether oxygens (including phenoxy) is 1. The van der Waals surface area contributed by atoms with Gasteiger partial charge in [-0.15, -0.1) is 0 Å². The standard InChI is InChI=1S/C17H16N4O3S/c1-3-22-11-6-7-12-13(9-11)19-17(18-12)25-10(2)16-20-15(21-24-16)14-5-4-8-23-14/h4-10H,3H2,1-2H3,(H,18,19)/t10-/m0/s1. The van der Waals surface area contributed by atoms with Gasteiger partial charge < -0.3 is 18.7 Å². The van der Waals surface area contributed by atoms with Crippen molar-refractivity contribution in [1.29, 1.82) is 0 Å². The Bertz CT molecular complexity index is 977. The van der Waals surface area contributed by atoms with Crippen LogP contribution in [0, 0.1) is 0 Å². The van der Waals surface area contributed by atoms with Crippen molar-refractivity contribution in [3.8, 4) is 17.3 Å². The van der Waals surface area contributed by atoms with E-state index in [1.54, 1.807) is 18.4 Å². The summed E-state index contributed by atoms with van der Waals surface area (Å²) in [5, 5.41) is 4.69. The van der Waals surface area contributed by atoms with Gasteiger partial charge in [0.2, 0.25) is 11.7 Å². The molecule has 25 heavy (non-hydrogen) atoms. The third kappa shape index (κ3) is 3.25. The number of nitrogens with zero attached hydrogens (tertiary/aromatic N) is 3. The van der Waals surface area contributed by atoms with E-state index in [1.165, 1.54) is 11.8 Å². The molecule has 1 atom stereocenters. The molecule has 0 aliphatic carbocycles. The molecule has 3 heterocycles. The topological polar surface area (TPSA) is 90.0 Å². The van der Waals surface area contributed by atoms with Gasteiger partial charge in [0.15, 0.2) is 10.9 Å². The maximum absolute atomic E-state index is 5.52. The average molecular weight is 356 g/mol. The second kappa shape index (κ2) is 6.64. The average Bonchev–Trinajstić information content (AvgIpc) is 3.34. The Morgan fingerprint density at radius 1 is 1.28 bits per heavy atom. The number of nitrogens with one attached hydrogen (secondary N) is 1. The lowest BCUT2D eigenvalue weighted by molar-refractivity contribution is 0.340. The first-order valence-corrected chi connectivity index (χ1v) is 8.77. The second-order valence-corrected chi connectivity index (χ2v) is 6.68. The molecule has 0 amide bonds. The van der Waals surface area contributed by atoms with Crippen molar-refractivity contribution in [2.45, 2.75) is 24.3 Å². The molecule has 0 saturated carbocycles. The van der Waals surface area contributed by atoms with Crippen molar-refractivity contribution in [3.63, 3.8) is 0 Å². The number of rotatable bonds is 6. The number of furan rings is 1. The van der Waals surface area contributed by atoms with Gasteiger partial charge in [-0.25, -0.2) is 4.98 Å². The molecule has 0 spiro atoms. The van der Waals surface area contributed by atoms with Crippen LogP contribution in [0.1, 0.15) is 25.0 Å². The maximum atomic E-state index is 5.52. The van der Waals surface area contributed by atoms with E-state index < -0.39 is 0 Å². The van der Waals surface area contributed by atoms with Gasteiger partial charge in [-0.2, -0.15) is 4.98 Å². The predicted octanol–water partition coefficient (Wildman–Crippen LogP) is 4.46. The highest BCUT2D eigenvalue weighted by Crippen LogP contribution is 2.34. The molecule has 4 rings (SSSR count). The third-order valence-electron chi connectivity index (χ3n) is 3.56. The van der Waals surface area contributed by atoms with Crippen LogP contribution in [0.15, 0.2) is 50.7 Å². The van der Waals surface area contributed by atoms with E-state index in [9.17, 15) is 0 Å². The molecule has 0 aliphatic heterocycles. The van der Waals surface area contributed by atoms with E-state index in [2.05, 4.69) is 20.1 Å². The number of aromatic amines is 1. The zero-order valence-electron chi connectivity index (χ0n) is 13.7. The largest absolute Gasteiger partial charge is 0.494 e. The van der Waals surface area contributed by atoms with Crippen LogP contribution in [0.5, 0.6) is 5.75 Å². The van der Waals surface area contributed by atoms with Crippen LogP contribution in [0.2, 0.25) is 0 Å². The SMILES string of the molecule is CCOc1ccc2nc(S[C@@H](C)c3nc(-c4ccco4)no3)[nH]c2c1. The summed E-state index contributed by atoms with van der Waals surface area (Å²) in [6.07, 6.45) is 1.58. The van der Waals surface area contributed by atoms with Crippen molar-refractivity contribution in [3.05, 3.63) is 42.5 Å². The molecule has 4 aromatic rings. The number of aromatic nitrogens is 4. The van der Waals surface area contributed by atoms with Crippen molar-refractivity contribution in [1.82, 2.24) is 20.1 Å². The minimum absolute atomic E-state index is 0.0527. The fourth-order valence-electron chi connectivity index (χ4n) is 2.40. The highest BCUT2D eigenvalue weighted by atomic mass is 32.2. The molecule has 0 bridgehead atoms. The Balaban J connectivity index is 1.52. The van der Waals surface area contributed by atoms with Gasteiger partial charge in [0.05, 0.1) is 29.2 Å². The van der Waals surface area contributed by atoms with Gasteiger partial charge in [0.1, 0.15) is 5.75 Å². The van der Waals surface area contributed by atoms with Crippen LogP contribution in [0.25, 0.3) is 22.6 Å². The number of fused-ring (bicyclic) bond motifs is 1. The molecule has 7 nitrogen and oxygen atoms in total. The normalized spacial score (nSPS) is 12.6. The molecule has 0 aliphatic rings. The molecule has 1 aromatic carbocycles. The highest BCUT2D eigenvalue weighted by Gasteiger charge is 2.19. The summed E-state index contributed by atoms with van der Waals surface area (Å²) in [6, 6.07) is 9.38. The van der Waals surface area contributed by atoms with Crippen molar-refractivity contribution >= 4 is 22.8 Å². The van der Waals surface area contributed by atoms with Crippen LogP contribution in [-0.4, -0.2) is 26.7 Å². The van der Waals surface area contributed by atoms with E-state index in [-0.39, 0.29) is 5.25 Å². The second-order valence-electron chi connectivity index (χ2n) is 5.35. The fraction of sp³-hybridized carbons (Fsp3) is 0.235. The lowest BCUT2D eigenvalue weighted by Crippen LogP contribution is -1.90. The quantitative estimate of drug-likeness (QED) is 0.510. The number of hydrogen-bond donors (Lipinski definition) is 1.